The molecule has 100 valence electrons. The number of ether oxygens (including phenoxy) is 1. The second-order valence-corrected chi connectivity index (χ2v) is 4.59. The maximum Gasteiger partial charge on any atom is 0.334 e. The Labute approximate surface area is 107 Å². The number of urea groups is 1. The standard InChI is InChI=1S/C12H19N3O3/c1-3-18-11(16)9(2)7-14-4-5-15-10(8-14)6-13-12(15)17/h10H,2-8H2,1H3,(H,13,17). The number of esters is 1. The molecule has 18 heavy (non-hydrogen) atoms. The van der Waals surface area contributed by atoms with E-state index >= 15 is 0 Å². The van der Waals surface area contributed by atoms with Crippen LogP contribution in [0.3, 0.4) is 0 Å². The molecule has 2 saturated heterocycles. The molecule has 2 amide bonds. The molecule has 0 aromatic carbocycles. The van der Waals surface area contributed by atoms with Crippen LogP contribution in [0.15, 0.2) is 12.2 Å². The van der Waals surface area contributed by atoms with E-state index in [-0.39, 0.29) is 18.0 Å². The van der Waals surface area contributed by atoms with Crippen LogP contribution in [0, 0.1) is 0 Å². The minimum absolute atomic E-state index is 0.0175. The molecule has 6 heteroatoms. The summed E-state index contributed by atoms with van der Waals surface area (Å²) >= 11 is 0. The van der Waals surface area contributed by atoms with Gasteiger partial charge in [-0.15, -0.1) is 0 Å². The number of rotatable bonds is 4. The Morgan fingerprint density at radius 1 is 1.56 bits per heavy atom. The predicted octanol–water partition coefficient (Wildman–Crippen LogP) is -0.185. The highest BCUT2D eigenvalue weighted by Crippen LogP contribution is 2.15. The van der Waals surface area contributed by atoms with Crippen LogP contribution in [0.2, 0.25) is 0 Å². The summed E-state index contributed by atoms with van der Waals surface area (Å²) in [7, 11) is 0. The Morgan fingerprint density at radius 3 is 3.06 bits per heavy atom. The lowest BCUT2D eigenvalue weighted by molar-refractivity contribution is -0.138. The molecule has 0 aromatic heterocycles. The van der Waals surface area contributed by atoms with E-state index in [0.717, 1.165) is 13.1 Å². The number of piperazine rings is 1. The molecular weight excluding hydrogens is 234 g/mol. The Bertz CT molecular complexity index is 370. The third kappa shape index (κ3) is 2.64. The summed E-state index contributed by atoms with van der Waals surface area (Å²) in [4.78, 5) is 26.9. The first kappa shape index (κ1) is 12.9. The highest BCUT2D eigenvalue weighted by atomic mass is 16.5. The minimum Gasteiger partial charge on any atom is -0.463 e. The van der Waals surface area contributed by atoms with Gasteiger partial charge < -0.3 is 15.0 Å². The van der Waals surface area contributed by atoms with Crippen molar-refractivity contribution in [3.05, 3.63) is 12.2 Å². The summed E-state index contributed by atoms with van der Waals surface area (Å²) in [6.07, 6.45) is 0. The van der Waals surface area contributed by atoms with Crippen LogP contribution < -0.4 is 5.32 Å². The fourth-order valence-corrected chi connectivity index (χ4v) is 2.38. The van der Waals surface area contributed by atoms with E-state index in [9.17, 15) is 9.59 Å². The van der Waals surface area contributed by atoms with E-state index in [1.165, 1.54) is 0 Å². The first-order chi connectivity index (χ1) is 8.61. The number of nitrogens with one attached hydrogen (secondary N) is 1. The molecule has 6 nitrogen and oxygen atoms in total. The van der Waals surface area contributed by atoms with Crippen molar-refractivity contribution < 1.29 is 14.3 Å². The van der Waals surface area contributed by atoms with Crippen LogP contribution in [0.25, 0.3) is 0 Å². The molecule has 0 bridgehead atoms. The second kappa shape index (κ2) is 5.39. The molecule has 2 fully saturated rings. The largest absolute Gasteiger partial charge is 0.463 e. The molecule has 2 rings (SSSR count). The molecule has 1 atom stereocenters. The Hall–Kier alpha value is -1.56. The van der Waals surface area contributed by atoms with Gasteiger partial charge in [-0.1, -0.05) is 6.58 Å². The van der Waals surface area contributed by atoms with Crippen molar-refractivity contribution >= 4 is 12.0 Å². The van der Waals surface area contributed by atoms with E-state index in [2.05, 4.69) is 16.8 Å². The van der Waals surface area contributed by atoms with Gasteiger partial charge in [0.25, 0.3) is 0 Å². The van der Waals surface area contributed by atoms with Crippen molar-refractivity contribution in [2.45, 2.75) is 13.0 Å². The molecule has 1 unspecified atom stereocenters. The van der Waals surface area contributed by atoms with Crippen LogP contribution in [-0.4, -0.2) is 67.2 Å². The average Bonchev–Trinajstić information content (AvgIpc) is 2.71. The van der Waals surface area contributed by atoms with E-state index < -0.39 is 0 Å². The second-order valence-electron chi connectivity index (χ2n) is 4.59. The van der Waals surface area contributed by atoms with Crippen molar-refractivity contribution in [2.75, 3.05) is 39.3 Å². The molecule has 0 saturated carbocycles. The van der Waals surface area contributed by atoms with Crippen LogP contribution in [0.1, 0.15) is 6.92 Å². The maximum atomic E-state index is 11.5. The lowest BCUT2D eigenvalue weighted by Crippen LogP contribution is -2.52. The van der Waals surface area contributed by atoms with Crippen molar-refractivity contribution in [3.8, 4) is 0 Å². The van der Waals surface area contributed by atoms with Gasteiger partial charge in [-0.05, 0) is 6.92 Å². The Balaban J connectivity index is 1.83. The normalized spacial score (nSPS) is 23.5. The lowest BCUT2D eigenvalue weighted by atomic mass is 10.1. The third-order valence-corrected chi connectivity index (χ3v) is 3.30. The van der Waals surface area contributed by atoms with Gasteiger partial charge in [0, 0.05) is 38.3 Å². The van der Waals surface area contributed by atoms with Crippen molar-refractivity contribution in [3.63, 3.8) is 0 Å². The molecule has 2 aliphatic rings. The fraction of sp³-hybridized carbons (Fsp3) is 0.667. The van der Waals surface area contributed by atoms with E-state index in [0.29, 0.717) is 31.8 Å². The predicted molar refractivity (Wildman–Crippen MR) is 66.1 cm³/mol. The molecule has 0 spiro atoms. The molecular formula is C12H19N3O3. The minimum atomic E-state index is -0.333. The smallest absolute Gasteiger partial charge is 0.334 e. The molecule has 0 radical (unpaired) electrons. The van der Waals surface area contributed by atoms with Gasteiger partial charge in [-0.3, -0.25) is 4.90 Å². The van der Waals surface area contributed by atoms with E-state index in [4.69, 9.17) is 4.74 Å². The summed E-state index contributed by atoms with van der Waals surface area (Å²) in [6.45, 7) is 9.34. The van der Waals surface area contributed by atoms with Gasteiger partial charge in [0.2, 0.25) is 0 Å². The zero-order valence-corrected chi connectivity index (χ0v) is 10.6. The number of carbonyl (C=O) groups excluding carboxylic acids is 2. The number of hydrogen-bond acceptors (Lipinski definition) is 4. The topological polar surface area (TPSA) is 61.9 Å². The van der Waals surface area contributed by atoms with Crippen molar-refractivity contribution in [1.82, 2.24) is 15.1 Å². The Morgan fingerprint density at radius 2 is 2.33 bits per heavy atom. The van der Waals surface area contributed by atoms with Gasteiger partial charge in [0.15, 0.2) is 0 Å². The van der Waals surface area contributed by atoms with Gasteiger partial charge in [-0.25, -0.2) is 9.59 Å². The SMILES string of the molecule is C=C(CN1CCN2C(=O)NCC2C1)C(=O)OCC. The molecule has 2 heterocycles. The van der Waals surface area contributed by atoms with Crippen LogP contribution >= 0.6 is 0 Å². The summed E-state index contributed by atoms with van der Waals surface area (Å²) in [5.41, 5.74) is 0.475. The zero-order chi connectivity index (χ0) is 13.1. The maximum absolute atomic E-state index is 11.5. The molecule has 0 aromatic rings. The number of carbonyl (C=O) groups is 2. The van der Waals surface area contributed by atoms with Crippen molar-refractivity contribution in [2.24, 2.45) is 0 Å². The monoisotopic (exact) mass is 253 g/mol. The lowest BCUT2D eigenvalue weighted by Gasteiger charge is -2.36. The van der Waals surface area contributed by atoms with Gasteiger partial charge in [0.1, 0.15) is 0 Å². The number of nitrogens with zero attached hydrogens (tertiary/aromatic N) is 2. The highest BCUT2D eigenvalue weighted by Gasteiger charge is 2.35. The van der Waals surface area contributed by atoms with Crippen molar-refractivity contribution in [1.29, 1.82) is 0 Å². The molecule has 2 aliphatic heterocycles. The van der Waals surface area contributed by atoms with E-state index in [1.54, 1.807) is 6.92 Å². The summed E-state index contributed by atoms with van der Waals surface area (Å²) < 4.78 is 4.91. The fourth-order valence-electron chi connectivity index (χ4n) is 2.38. The van der Waals surface area contributed by atoms with Crippen LogP contribution in [-0.2, 0) is 9.53 Å². The van der Waals surface area contributed by atoms with Crippen LogP contribution in [0.5, 0.6) is 0 Å². The summed E-state index contributed by atoms with van der Waals surface area (Å²) in [6, 6.07) is 0.227. The summed E-state index contributed by atoms with van der Waals surface area (Å²) in [5, 5.41) is 2.82. The number of fused-ring (bicyclic) bond motifs is 1. The number of hydrogen-bond donors (Lipinski definition) is 1. The third-order valence-electron chi connectivity index (χ3n) is 3.30. The number of amides is 2. The molecule has 1 N–H and O–H groups in total. The van der Waals surface area contributed by atoms with Gasteiger partial charge in [-0.2, -0.15) is 0 Å². The highest BCUT2D eigenvalue weighted by molar-refractivity contribution is 5.88. The van der Waals surface area contributed by atoms with Gasteiger partial charge in [0.05, 0.1) is 12.6 Å². The molecule has 0 aliphatic carbocycles. The first-order valence-corrected chi connectivity index (χ1v) is 6.23. The average molecular weight is 253 g/mol. The zero-order valence-electron chi connectivity index (χ0n) is 10.6. The van der Waals surface area contributed by atoms with Gasteiger partial charge >= 0.3 is 12.0 Å². The van der Waals surface area contributed by atoms with Crippen LogP contribution in [0.4, 0.5) is 4.79 Å². The van der Waals surface area contributed by atoms with E-state index in [1.807, 2.05) is 4.90 Å². The Kier molecular flexibility index (Phi) is 3.86. The quantitative estimate of drug-likeness (QED) is 0.557. The first-order valence-electron chi connectivity index (χ1n) is 6.23. The summed E-state index contributed by atoms with van der Waals surface area (Å²) in [5.74, 6) is -0.333.